The van der Waals surface area contributed by atoms with Crippen molar-refractivity contribution < 1.29 is 18.0 Å². The number of aryl methyl sites for hydroxylation is 3. The van der Waals surface area contributed by atoms with Crippen LogP contribution in [0.2, 0.25) is 0 Å². The van der Waals surface area contributed by atoms with Gasteiger partial charge in [-0.25, -0.2) is 4.98 Å². The fourth-order valence-corrected chi connectivity index (χ4v) is 4.38. The largest absolute Gasteiger partial charge is 0.416 e. The maximum atomic E-state index is 13.2. The zero-order valence-electron chi connectivity index (χ0n) is 25.2. The lowest BCUT2D eigenvalue weighted by molar-refractivity contribution is -0.138. The van der Waals surface area contributed by atoms with Crippen LogP contribution in [-0.2, 0) is 13.2 Å². The van der Waals surface area contributed by atoms with Gasteiger partial charge in [-0.1, -0.05) is 44.2 Å². The topological polar surface area (TPSA) is 50.2 Å². The molecule has 0 fully saturated rings. The fraction of sp³-hybridized carbons (Fsp3) is 0.353. The van der Waals surface area contributed by atoms with Crippen LogP contribution in [0.25, 0.3) is 11.0 Å². The van der Waals surface area contributed by atoms with Crippen LogP contribution in [0.3, 0.4) is 0 Å². The number of nitrogens with one attached hydrogen (secondary N) is 1. The number of halogens is 3. The molecule has 4 rings (SSSR count). The smallest absolute Gasteiger partial charge is 0.334 e. The van der Waals surface area contributed by atoms with E-state index in [1.807, 2.05) is 36.7 Å². The lowest BCUT2D eigenvalue weighted by atomic mass is 10.0. The van der Waals surface area contributed by atoms with Gasteiger partial charge in [-0.05, 0) is 100 Å². The number of anilines is 1. The molecule has 0 unspecified atom stereocenters. The number of rotatable bonds is 7. The van der Waals surface area contributed by atoms with E-state index in [2.05, 4.69) is 47.9 Å². The molecule has 42 heavy (non-hydrogen) atoms. The highest BCUT2D eigenvalue weighted by Crippen LogP contribution is 2.33. The van der Waals surface area contributed by atoms with Crippen LogP contribution in [0.5, 0.6) is 0 Å². The number of alkyl halides is 3. The third-order valence-corrected chi connectivity index (χ3v) is 6.87. The van der Waals surface area contributed by atoms with Crippen molar-refractivity contribution in [2.45, 2.75) is 53.1 Å². The van der Waals surface area contributed by atoms with Crippen molar-refractivity contribution in [3.8, 4) is 11.8 Å². The number of nitrogens with zero attached hydrogens (tertiary/aromatic N) is 3. The molecule has 3 aromatic carbocycles. The van der Waals surface area contributed by atoms with Crippen LogP contribution in [0.15, 0.2) is 60.9 Å². The molecular weight excluding hydrogens is 537 g/mol. The minimum atomic E-state index is -4.49. The van der Waals surface area contributed by atoms with E-state index in [0.29, 0.717) is 11.1 Å². The summed E-state index contributed by atoms with van der Waals surface area (Å²) in [5.74, 6) is 5.67. The van der Waals surface area contributed by atoms with Crippen molar-refractivity contribution in [3.05, 3.63) is 94.3 Å². The third kappa shape index (κ3) is 8.95. The van der Waals surface area contributed by atoms with E-state index in [1.54, 1.807) is 24.5 Å². The molecule has 0 atom stereocenters. The van der Waals surface area contributed by atoms with Crippen molar-refractivity contribution in [3.63, 3.8) is 0 Å². The van der Waals surface area contributed by atoms with E-state index in [4.69, 9.17) is 0 Å². The highest BCUT2D eigenvalue weighted by atomic mass is 19.4. The number of amides is 1. The van der Waals surface area contributed by atoms with Gasteiger partial charge in [0.25, 0.3) is 5.91 Å². The Hall–Kier alpha value is -4.09. The van der Waals surface area contributed by atoms with Crippen LogP contribution in [0.4, 0.5) is 18.9 Å². The molecule has 1 heterocycles. The Kier molecular flexibility index (Phi) is 11.3. The minimum Gasteiger partial charge on any atom is -0.334 e. The van der Waals surface area contributed by atoms with E-state index in [9.17, 15) is 18.0 Å². The lowest BCUT2D eigenvalue weighted by Crippen LogP contribution is -2.19. The summed E-state index contributed by atoms with van der Waals surface area (Å²) in [7, 11) is 4.11. The summed E-state index contributed by atoms with van der Waals surface area (Å²) in [6.45, 7) is 10.2. The Morgan fingerprint density at radius 3 is 2.38 bits per heavy atom. The van der Waals surface area contributed by atoms with Gasteiger partial charge in [0.05, 0.1) is 22.9 Å². The summed E-state index contributed by atoms with van der Waals surface area (Å²) in [4.78, 5) is 19.4. The van der Waals surface area contributed by atoms with Crippen molar-refractivity contribution in [1.29, 1.82) is 0 Å². The molecule has 0 saturated carbocycles. The number of carbonyl (C=O) groups is 1. The van der Waals surface area contributed by atoms with Gasteiger partial charge in [0.2, 0.25) is 0 Å². The Balaban J connectivity index is 0.000000467. The number of hydrogen-bond acceptors (Lipinski definition) is 3. The first-order valence-electron chi connectivity index (χ1n) is 14.1. The predicted molar refractivity (Wildman–Crippen MR) is 165 cm³/mol. The van der Waals surface area contributed by atoms with E-state index < -0.39 is 17.6 Å². The second-order valence-corrected chi connectivity index (χ2v) is 10.5. The van der Waals surface area contributed by atoms with Crippen molar-refractivity contribution in [1.82, 2.24) is 14.5 Å². The SMILES string of the molecule is CCCCN(C)CCC.Cc1ccc(C(=O)Nc2ccc(C)c(C(F)(F)F)c2)cc1C#Cc1ccc2c(c1)ncn2C. The molecule has 4 aromatic rings. The van der Waals surface area contributed by atoms with Gasteiger partial charge >= 0.3 is 6.18 Å². The van der Waals surface area contributed by atoms with E-state index in [0.717, 1.165) is 28.2 Å². The molecule has 0 aliphatic carbocycles. The van der Waals surface area contributed by atoms with Gasteiger partial charge in [-0.15, -0.1) is 0 Å². The van der Waals surface area contributed by atoms with Gasteiger partial charge in [0.15, 0.2) is 0 Å². The molecule has 1 N–H and O–H groups in total. The summed E-state index contributed by atoms with van der Waals surface area (Å²) in [5.41, 5.74) is 3.86. The minimum absolute atomic E-state index is 0.0785. The molecule has 0 spiro atoms. The van der Waals surface area contributed by atoms with E-state index in [-0.39, 0.29) is 11.3 Å². The lowest BCUT2D eigenvalue weighted by Gasteiger charge is -2.13. The monoisotopic (exact) mass is 576 g/mol. The Morgan fingerprint density at radius 1 is 0.952 bits per heavy atom. The van der Waals surface area contributed by atoms with Crippen LogP contribution in [-0.4, -0.2) is 40.5 Å². The molecule has 1 amide bonds. The summed E-state index contributed by atoms with van der Waals surface area (Å²) in [5, 5.41) is 2.54. The van der Waals surface area contributed by atoms with E-state index in [1.165, 1.54) is 51.4 Å². The number of imidazole rings is 1. The van der Waals surface area contributed by atoms with Crippen LogP contribution in [0, 0.1) is 25.7 Å². The first kappa shape index (κ1) is 32.4. The molecule has 0 bridgehead atoms. The molecule has 222 valence electrons. The summed E-state index contributed by atoms with van der Waals surface area (Å²) in [6.07, 6.45) is 1.18. The molecule has 0 saturated heterocycles. The first-order chi connectivity index (χ1) is 19.9. The highest BCUT2D eigenvalue weighted by Gasteiger charge is 2.32. The second kappa shape index (κ2) is 14.7. The molecular formula is C34H39F3N4O. The van der Waals surface area contributed by atoms with Crippen LogP contribution >= 0.6 is 0 Å². The number of hydrogen-bond donors (Lipinski definition) is 1. The number of aromatic nitrogens is 2. The predicted octanol–water partition coefficient (Wildman–Crippen LogP) is 7.99. The second-order valence-electron chi connectivity index (χ2n) is 10.5. The fourth-order valence-electron chi connectivity index (χ4n) is 4.38. The van der Waals surface area contributed by atoms with Crippen molar-refractivity contribution >= 4 is 22.6 Å². The van der Waals surface area contributed by atoms with Gasteiger partial charge in [0, 0.05) is 29.4 Å². The first-order valence-corrected chi connectivity index (χ1v) is 14.1. The summed E-state index contributed by atoms with van der Waals surface area (Å²) >= 11 is 0. The normalized spacial score (nSPS) is 11.1. The van der Waals surface area contributed by atoms with E-state index >= 15 is 0 Å². The summed E-state index contributed by atoms with van der Waals surface area (Å²) < 4.78 is 41.4. The number of carbonyl (C=O) groups excluding carboxylic acids is 1. The van der Waals surface area contributed by atoms with Gasteiger partial charge in [-0.2, -0.15) is 13.2 Å². The Bertz CT molecular complexity index is 1580. The maximum Gasteiger partial charge on any atom is 0.416 e. The van der Waals surface area contributed by atoms with Crippen molar-refractivity contribution in [2.24, 2.45) is 7.05 Å². The average molecular weight is 577 g/mol. The Labute approximate surface area is 246 Å². The molecule has 0 aliphatic heterocycles. The third-order valence-electron chi connectivity index (χ3n) is 6.87. The molecule has 1 aromatic heterocycles. The number of unbranched alkanes of at least 4 members (excludes halogenated alkanes) is 1. The van der Waals surface area contributed by atoms with Gasteiger partial charge < -0.3 is 14.8 Å². The zero-order chi connectivity index (χ0) is 30.9. The van der Waals surface area contributed by atoms with Gasteiger partial charge in [-0.3, -0.25) is 4.79 Å². The molecule has 5 nitrogen and oxygen atoms in total. The molecule has 0 radical (unpaired) electrons. The highest BCUT2D eigenvalue weighted by molar-refractivity contribution is 6.04. The number of benzene rings is 3. The van der Waals surface area contributed by atoms with Gasteiger partial charge in [0.1, 0.15) is 0 Å². The summed E-state index contributed by atoms with van der Waals surface area (Å²) in [6, 6.07) is 14.5. The average Bonchev–Trinajstić information content (AvgIpc) is 3.32. The zero-order valence-corrected chi connectivity index (χ0v) is 25.2. The van der Waals surface area contributed by atoms with Crippen molar-refractivity contribution in [2.75, 3.05) is 25.5 Å². The maximum absolute atomic E-state index is 13.2. The molecule has 0 aliphatic rings. The molecule has 8 heteroatoms. The standard InChI is InChI=1S/C26H20F3N3O.C8H19N/c1-16-4-8-20(25(33)31-21-10-5-17(2)22(14-21)26(27,28)29)13-19(16)9-6-18-7-11-24-23(12-18)30-15-32(24)3;1-4-6-8-9(3)7-5-2/h4-5,7-8,10-15H,1-3H3,(H,31,33);4-8H2,1-3H3. The van der Waals surface area contributed by atoms with Crippen LogP contribution in [0.1, 0.15) is 71.3 Å². The van der Waals surface area contributed by atoms with Crippen LogP contribution < -0.4 is 5.32 Å². The quantitative estimate of drug-likeness (QED) is 0.227. The Morgan fingerprint density at radius 2 is 1.69 bits per heavy atom. The number of fused-ring (bicyclic) bond motifs is 1.